The summed E-state index contributed by atoms with van der Waals surface area (Å²) in [7, 11) is 0. The van der Waals surface area contributed by atoms with Gasteiger partial charge in [0.1, 0.15) is 6.04 Å². The first kappa shape index (κ1) is 21.6. The van der Waals surface area contributed by atoms with E-state index >= 15 is 0 Å². The van der Waals surface area contributed by atoms with E-state index in [9.17, 15) is 32.9 Å². The fourth-order valence-corrected chi connectivity index (χ4v) is 2.34. The van der Waals surface area contributed by atoms with E-state index in [1.54, 1.807) is 30.3 Å². The van der Waals surface area contributed by atoms with Gasteiger partial charge in [-0.3, -0.25) is 19.7 Å². The summed E-state index contributed by atoms with van der Waals surface area (Å²) >= 11 is 0. The van der Waals surface area contributed by atoms with E-state index in [-0.39, 0.29) is 17.8 Å². The summed E-state index contributed by atoms with van der Waals surface area (Å²) in [6.07, 6.45) is -3.86. The number of carbonyl (C=O) groups is 2. The van der Waals surface area contributed by atoms with Crippen LogP contribution >= 0.6 is 0 Å². The summed E-state index contributed by atoms with van der Waals surface area (Å²) in [5, 5.41) is 15.8. The van der Waals surface area contributed by atoms with Crippen LogP contribution in [0.5, 0.6) is 0 Å². The molecule has 0 saturated carbocycles. The smallest absolute Gasteiger partial charge is 0.379 e. The number of nitro groups is 1. The predicted molar refractivity (Wildman–Crippen MR) is 99.0 cm³/mol. The number of halogens is 3. The van der Waals surface area contributed by atoms with E-state index in [0.29, 0.717) is 6.08 Å². The van der Waals surface area contributed by atoms with Gasteiger partial charge in [0.2, 0.25) is 5.91 Å². The number of benzene rings is 2. The molecule has 2 N–H and O–H groups in total. The Balaban J connectivity index is 2.16. The number of hydrogen-bond donors (Lipinski definition) is 2. The number of anilines is 1. The van der Waals surface area contributed by atoms with Crippen molar-refractivity contribution >= 4 is 23.1 Å². The molecular weight excluding hydrogens is 391 g/mol. The highest BCUT2D eigenvalue weighted by atomic mass is 19.4. The Labute approximate surface area is 163 Å². The number of nitrogens with one attached hydrogen (secondary N) is 2. The monoisotopic (exact) mass is 407 g/mol. The largest absolute Gasteiger partial charge is 0.454 e. The van der Waals surface area contributed by atoms with Gasteiger partial charge < -0.3 is 10.6 Å². The second-order valence-corrected chi connectivity index (χ2v) is 5.90. The number of nitro benzene ring substituents is 1. The average Bonchev–Trinajstić information content (AvgIpc) is 2.67. The van der Waals surface area contributed by atoms with Crippen molar-refractivity contribution < 1.29 is 27.7 Å². The van der Waals surface area contributed by atoms with Crippen molar-refractivity contribution in [2.45, 2.75) is 18.6 Å². The Morgan fingerprint density at radius 1 is 1.10 bits per heavy atom. The van der Waals surface area contributed by atoms with E-state index in [0.717, 1.165) is 17.8 Å². The van der Waals surface area contributed by atoms with Crippen LogP contribution in [-0.4, -0.2) is 28.8 Å². The SMILES string of the molecule is O=C(Nc1cccc([N+](=O)[O-])c1)C(Cc1ccccc1)N/C=C/C(=O)C(F)(F)F. The first-order chi connectivity index (χ1) is 13.7. The average molecular weight is 407 g/mol. The van der Waals surface area contributed by atoms with Crippen molar-refractivity contribution in [1.82, 2.24) is 5.32 Å². The lowest BCUT2D eigenvalue weighted by atomic mass is 10.1. The third-order valence-electron chi connectivity index (χ3n) is 3.74. The fourth-order valence-electron chi connectivity index (χ4n) is 2.34. The molecule has 0 bridgehead atoms. The molecule has 0 aromatic heterocycles. The zero-order valence-corrected chi connectivity index (χ0v) is 14.8. The molecule has 0 spiro atoms. The van der Waals surface area contributed by atoms with Crippen molar-refractivity contribution in [3.05, 3.63) is 82.6 Å². The normalized spacial score (nSPS) is 12.4. The molecule has 29 heavy (non-hydrogen) atoms. The van der Waals surface area contributed by atoms with Crippen LogP contribution in [0.25, 0.3) is 0 Å². The van der Waals surface area contributed by atoms with Crippen LogP contribution in [0.4, 0.5) is 24.5 Å². The van der Waals surface area contributed by atoms with Gasteiger partial charge in [-0.05, 0) is 11.6 Å². The van der Waals surface area contributed by atoms with E-state index in [1.807, 2.05) is 0 Å². The molecule has 1 unspecified atom stereocenters. The van der Waals surface area contributed by atoms with Gasteiger partial charge >= 0.3 is 6.18 Å². The number of allylic oxidation sites excluding steroid dienone is 1. The Hall–Kier alpha value is -3.69. The first-order valence-corrected chi connectivity index (χ1v) is 8.30. The van der Waals surface area contributed by atoms with Crippen LogP contribution < -0.4 is 10.6 Å². The van der Waals surface area contributed by atoms with Crippen LogP contribution in [-0.2, 0) is 16.0 Å². The summed E-state index contributed by atoms with van der Waals surface area (Å²) in [5.74, 6) is -2.71. The summed E-state index contributed by atoms with van der Waals surface area (Å²) < 4.78 is 36.9. The summed E-state index contributed by atoms with van der Waals surface area (Å²) in [6.45, 7) is 0. The molecule has 1 atom stereocenters. The number of hydrogen-bond acceptors (Lipinski definition) is 5. The summed E-state index contributed by atoms with van der Waals surface area (Å²) in [6, 6.07) is 12.9. The highest BCUT2D eigenvalue weighted by Crippen LogP contribution is 2.18. The lowest BCUT2D eigenvalue weighted by Gasteiger charge is -2.17. The minimum atomic E-state index is -5.02. The van der Waals surface area contributed by atoms with E-state index < -0.39 is 28.8 Å². The van der Waals surface area contributed by atoms with Gasteiger partial charge in [-0.25, -0.2) is 0 Å². The topological polar surface area (TPSA) is 101 Å². The molecule has 2 aromatic carbocycles. The molecule has 2 aromatic rings. The van der Waals surface area contributed by atoms with Crippen molar-refractivity contribution in [2.24, 2.45) is 0 Å². The molecular formula is C19H16F3N3O4. The molecule has 0 aliphatic rings. The van der Waals surface area contributed by atoms with E-state index in [2.05, 4.69) is 10.6 Å². The third kappa shape index (κ3) is 6.76. The predicted octanol–water partition coefficient (Wildman–Crippen LogP) is 3.38. The molecule has 2 rings (SSSR count). The zero-order valence-electron chi connectivity index (χ0n) is 14.8. The van der Waals surface area contributed by atoms with Crippen molar-refractivity contribution in [1.29, 1.82) is 0 Å². The van der Waals surface area contributed by atoms with Gasteiger partial charge in [0, 0.05) is 36.5 Å². The summed E-state index contributed by atoms with van der Waals surface area (Å²) in [5.41, 5.74) is 0.639. The maximum atomic E-state index is 12.6. The first-order valence-electron chi connectivity index (χ1n) is 8.30. The van der Waals surface area contributed by atoms with Gasteiger partial charge in [-0.1, -0.05) is 36.4 Å². The van der Waals surface area contributed by atoms with Gasteiger partial charge in [0.15, 0.2) is 0 Å². The highest BCUT2D eigenvalue weighted by molar-refractivity contribution is 5.96. The van der Waals surface area contributed by atoms with Crippen molar-refractivity contribution in [2.75, 3.05) is 5.32 Å². The molecule has 0 radical (unpaired) electrons. The lowest BCUT2D eigenvalue weighted by molar-refractivity contribution is -0.384. The third-order valence-corrected chi connectivity index (χ3v) is 3.74. The van der Waals surface area contributed by atoms with Crippen LogP contribution in [0, 0.1) is 10.1 Å². The molecule has 7 nitrogen and oxygen atoms in total. The molecule has 0 aliphatic heterocycles. The van der Waals surface area contributed by atoms with Gasteiger partial charge in [0.25, 0.3) is 11.5 Å². The van der Waals surface area contributed by atoms with Gasteiger partial charge in [-0.2, -0.15) is 13.2 Å². The lowest BCUT2D eigenvalue weighted by Crippen LogP contribution is -2.39. The van der Waals surface area contributed by atoms with Gasteiger partial charge in [-0.15, -0.1) is 0 Å². The number of nitrogens with zero attached hydrogens (tertiary/aromatic N) is 1. The van der Waals surface area contributed by atoms with E-state index in [1.165, 1.54) is 18.2 Å². The molecule has 152 valence electrons. The Bertz CT molecular complexity index is 914. The second-order valence-electron chi connectivity index (χ2n) is 5.90. The minimum Gasteiger partial charge on any atom is -0.379 e. The number of alkyl halides is 3. The zero-order chi connectivity index (χ0) is 21.4. The molecule has 0 heterocycles. The quantitative estimate of drug-likeness (QED) is 0.397. The van der Waals surface area contributed by atoms with E-state index in [4.69, 9.17) is 0 Å². The van der Waals surface area contributed by atoms with Crippen LogP contribution in [0.2, 0.25) is 0 Å². The van der Waals surface area contributed by atoms with Crippen LogP contribution in [0.1, 0.15) is 5.56 Å². The summed E-state index contributed by atoms with van der Waals surface area (Å²) in [4.78, 5) is 33.8. The maximum Gasteiger partial charge on any atom is 0.454 e. The number of rotatable bonds is 8. The Morgan fingerprint density at radius 3 is 2.41 bits per heavy atom. The van der Waals surface area contributed by atoms with Gasteiger partial charge in [0.05, 0.1) is 4.92 Å². The molecule has 0 aliphatic carbocycles. The van der Waals surface area contributed by atoms with Crippen LogP contribution in [0.15, 0.2) is 66.9 Å². The standard InChI is InChI=1S/C19H16F3N3O4/c20-19(21,22)17(26)9-10-23-16(11-13-5-2-1-3-6-13)18(27)24-14-7-4-8-15(12-14)25(28)29/h1-10,12,16,23H,11H2,(H,24,27)/b10-9+. The van der Waals surface area contributed by atoms with Crippen molar-refractivity contribution in [3.8, 4) is 0 Å². The Kier molecular flexibility index (Phi) is 7.07. The second kappa shape index (κ2) is 9.49. The number of ketones is 1. The minimum absolute atomic E-state index is 0.103. The molecule has 0 saturated heterocycles. The Morgan fingerprint density at radius 2 is 1.79 bits per heavy atom. The van der Waals surface area contributed by atoms with Crippen molar-refractivity contribution in [3.63, 3.8) is 0 Å². The number of carbonyl (C=O) groups excluding carboxylic acids is 2. The molecule has 1 amide bonds. The number of amides is 1. The number of non-ortho nitro benzene ring substituents is 1. The van der Waals surface area contributed by atoms with Crippen LogP contribution in [0.3, 0.4) is 0 Å². The fraction of sp³-hybridized carbons (Fsp3) is 0.158. The molecule has 10 heteroatoms. The molecule has 0 fully saturated rings. The maximum absolute atomic E-state index is 12.6. The highest BCUT2D eigenvalue weighted by Gasteiger charge is 2.36.